The fourth-order valence-electron chi connectivity index (χ4n) is 2.73. The van der Waals surface area contributed by atoms with E-state index in [1.54, 1.807) is 0 Å². The van der Waals surface area contributed by atoms with Gasteiger partial charge in [-0.15, -0.1) is 0 Å². The molecule has 1 heterocycles. The number of hydrogen-bond acceptors (Lipinski definition) is 3. The largest absolute Gasteiger partial charge is 0.494 e. The van der Waals surface area contributed by atoms with Gasteiger partial charge >= 0.3 is 0 Å². The summed E-state index contributed by atoms with van der Waals surface area (Å²) in [7, 11) is 4.20. The van der Waals surface area contributed by atoms with Crippen LogP contribution in [0.4, 0.5) is 0 Å². The van der Waals surface area contributed by atoms with E-state index in [2.05, 4.69) is 41.5 Å². The monoisotopic (exact) mass is 262 g/mol. The van der Waals surface area contributed by atoms with Crippen molar-refractivity contribution in [3.05, 3.63) is 29.8 Å². The number of benzene rings is 1. The summed E-state index contributed by atoms with van der Waals surface area (Å²) in [5.74, 6) is 0.985. The maximum absolute atomic E-state index is 5.84. The lowest BCUT2D eigenvalue weighted by Gasteiger charge is -2.32. The van der Waals surface area contributed by atoms with E-state index in [0.29, 0.717) is 6.04 Å². The van der Waals surface area contributed by atoms with E-state index >= 15 is 0 Å². The number of likely N-dealkylation sites (tertiary alicyclic amines) is 1. The maximum atomic E-state index is 5.84. The van der Waals surface area contributed by atoms with Crippen molar-refractivity contribution in [1.29, 1.82) is 0 Å². The van der Waals surface area contributed by atoms with Gasteiger partial charge in [-0.3, -0.25) is 0 Å². The molecule has 3 nitrogen and oxygen atoms in total. The first-order valence-electron chi connectivity index (χ1n) is 7.36. The summed E-state index contributed by atoms with van der Waals surface area (Å²) in [5, 5.41) is 3.15. The van der Waals surface area contributed by atoms with Crippen molar-refractivity contribution >= 4 is 0 Å². The Balaban J connectivity index is 1.72. The fraction of sp³-hybridized carbons (Fsp3) is 0.625. The first-order valence-corrected chi connectivity index (χ1v) is 7.36. The lowest BCUT2D eigenvalue weighted by molar-refractivity contribution is 0.153. The second kappa shape index (κ2) is 7.51. The Morgan fingerprint density at radius 1 is 1.26 bits per heavy atom. The van der Waals surface area contributed by atoms with Gasteiger partial charge in [-0.2, -0.15) is 0 Å². The second-order valence-corrected chi connectivity index (χ2v) is 5.44. The molecule has 0 aliphatic carbocycles. The van der Waals surface area contributed by atoms with Crippen LogP contribution in [0.1, 0.15) is 31.2 Å². The van der Waals surface area contributed by atoms with Gasteiger partial charge in [0, 0.05) is 12.6 Å². The minimum absolute atomic E-state index is 0.706. The van der Waals surface area contributed by atoms with Crippen molar-refractivity contribution in [1.82, 2.24) is 10.2 Å². The van der Waals surface area contributed by atoms with E-state index in [4.69, 9.17) is 4.74 Å². The van der Waals surface area contributed by atoms with Crippen LogP contribution in [0.15, 0.2) is 24.3 Å². The summed E-state index contributed by atoms with van der Waals surface area (Å²) >= 11 is 0. The molecule has 0 spiro atoms. The molecule has 0 aromatic heterocycles. The van der Waals surface area contributed by atoms with Gasteiger partial charge in [0.25, 0.3) is 0 Å². The summed E-state index contributed by atoms with van der Waals surface area (Å²) in [4.78, 5) is 2.48. The minimum atomic E-state index is 0.706. The molecule has 106 valence electrons. The molecule has 1 aromatic carbocycles. The summed E-state index contributed by atoms with van der Waals surface area (Å²) in [6.07, 6.45) is 5.17. The zero-order chi connectivity index (χ0) is 13.5. The highest BCUT2D eigenvalue weighted by Crippen LogP contribution is 2.18. The van der Waals surface area contributed by atoms with Gasteiger partial charge in [-0.1, -0.05) is 18.6 Å². The number of hydrogen-bond donors (Lipinski definition) is 1. The average molecular weight is 262 g/mol. The van der Waals surface area contributed by atoms with E-state index in [1.165, 1.54) is 31.4 Å². The van der Waals surface area contributed by atoms with E-state index in [9.17, 15) is 0 Å². The van der Waals surface area contributed by atoms with E-state index in [1.807, 2.05) is 7.05 Å². The molecule has 1 fully saturated rings. The SMILES string of the molecule is CNCc1ccc(OCCC2CCCCN2C)cc1. The Labute approximate surface area is 116 Å². The van der Waals surface area contributed by atoms with Gasteiger partial charge in [-0.25, -0.2) is 0 Å². The van der Waals surface area contributed by atoms with Crippen LogP contribution in [0.2, 0.25) is 0 Å². The molecule has 1 unspecified atom stereocenters. The number of nitrogens with zero attached hydrogens (tertiary/aromatic N) is 1. The van der Waals surface area contributed by atoms with Gasteiger partial charge in [0.05, 0.1) is 6.61 Å². The first kappa shape index (κ1) is 14.4. The maximum Gasteiger partial charge on any atom is 0.119 e. The van der Waals surface area contributed by atoms with E-state index in [0.717, 1.165) is 25.3 Å². The van der Waals surface area contributed by atoms with Gasteiger partial charge < -0.3 is 15.0 Å². The summed E-state index contributed by atoms with van der Waals surface area (Å²) in [6.45, 7) is 2.97. The van der Waals surface area contributed by atoms with Gasteiger partial charge in [0.2, 0.25) is 0 Å². The van der Waals surface area contributed by atoms with Gasteiger partial charge in [-0.05, 0) is 57.6 Å². The third-order valence-electron chi connectivity index (χ3n) is 3.95. The van der Waals surface area contributed by atoms with E-state index in [-0.39, 0.29) is 0 Å². The standard InChI is InChI=1S/C16H26N2O/c1-17-13-14-6-8-16(9-7-14)19-12-10-15-5-3-4-11-18(15)2/h6-9,15,17H,3-5,10-13H2,1-2H3. The third kappa shape index (κ3) is 4.51. The van der Waals surface area contributed by atoms with Gasteiger partial charge in [0.15, 0.2) is 0 Å². The molecule has 1 aliphatic heterocycles. The fourth-order valence-corrected chi connectivity index (χ4v) is 2.73. The Morgan fingerprint density at radius 2 is 2.05 bits per heavy atom. The number of nitrogens with one attached hydrogen (secondary N) is 1. The Bertz CT molecular complexity index is 364. The number of rotatable bonds is 6. The van der Waals surface area contributed by atoms with Gasteiger partial charge in [0.1, 0.15) is 5.75 Å². The van der Waals surface area contributed by atoms with Crippen LogP contribution in [0.5, 0.6) is 5.75 Å². The van der Waals surface area contributed by atoms with Crippen molar-refractivity contribution < 1.29 is 4.74 Å². The third-order valence-corrected chi connectivity index (χ3v) is 3.95. The second-order valence-electron chi connectivity index (χ2n) is 5.44. The molecule has 1 atom stereocenters. The van der Waals surface area contributed by atoms with Crippen LogP contribution < -0.4 is 10.1 Å². The summed E-state index contributed by atoms with van der Waals surface area (Å²) in [6, 6.07) is 9.09. The van der Waals surface area contributed by atoms with Crippen LogP contribution in [-0.2, 0) is 6.54 Å². The zero-order valence-electron chi connectivity index (χ0n) is 12.2. The molecule has 1 N–H and O–H groups in total. The topological polar surface area (TPSA) is 24.5 Å². The molecule has 0 bridgehead atoms. The lowest BCUT2D eigenvalue weighted by atomic mass is 10.0. The molecule has 3 heteroatoms. The van der Waals surface area contributed by atoms with Crippen LogP contribution in [0.3, 0.4) is 0 Å². The highest BCUT2D eigenvalue weighted by molar-refractivity contribution is 5.27. The summed E-state index contributed by atoms with van der Waals surface area (Å²) in [5.41, 5.74) is 1.29. The molecule has 1 aliphatic rings. The lowest BCUT2D eigenvalue weighted by Crippen LogP contribution is -2.37. The molecule has 0 radical (unpaired) electrons. The highest BCUT2D eigenvalue weighted by atomic mass is 16.5. The predicted molar refractivity (Wildman–Crippen MR) is 79.6 cm³/mol. The average Bonchev–Trinajstić information content (AvgIpc) is 2.43. The Morgan fingerprint density at radius 3 is 2.74 bits per heavy atom. The first-order chi connectivity index (χ1) is 9.29. The number of piperidine rings is 1. The van der Waals surface area contributed by atoms with Crippen molar-refractivity contribution in [2.24, 2.45) is 0 Å². The van der Waals surface area contributed by atoms with Crippen molar-refractivity contribution in [2.45, 2.75) is 38.3 Å². The van der Waals surface area contributed by atoms with Crippen LogP contribution in [0.25, 0.3) is 0 Å². The van der Waals surface area contributed by atoms with Crippen molar-refractivity contribution in [2.75, 3.05) is 27.2 Å². The number of ether oxygens (including phenoxy) is 1. The minimum Gasteiger partial charge on any atom is -0.494 e. The smallest absolute Gasteiger partial charge is 0.119 e. The molecule has 0 amide bonds. The van der Waals surface area contributed by atoms with Crippen molar-refractivity contribution in [3.8, 4) is 5.75 Å². The Hall–Kier alpha value is -1.06. The highest BCUT2D eigenvalue weighted by Gasteiger charge is 2.18. The quantitative estimate of drug-likeness (QED) is 0.853. The molecule has 19 heavy (non-hydrogen) atoms. The molecule has 1 saturated heterocycles. The van der Waals surface area contributed by atoms with Crippen LogP contribution in [0, 0.1) is 0 Å². The molecular weight excluding hydrogens is 236 g/mol. The normalized spacial score (nSPS) is 20.4. The molecule has 0 saturated carbocycles. The van der Waals surface area contributed by atoms with Crippen LogP contribution >= 0.6 is 0 Å². The molecule has 2 rings (SSSR count). The van der Waals surface area contributed by atoms with Crippen molar-refractivity contribution in [3.63, 3.8) is 0 Å². The van der Waals surface area contributed by atoms with Crippen LogP contribution in [-0.4, -0.2) is 38.2 Å². The molecule has 1 aromatic rings. The summed E-state index contributed by atoms with van der Waals surface area (Å²) < 4.78 is 5.84. The zero-order valence-corrected chi connectivity index (χ0v) is 12.2. The predicted octanol–water partition coefficient (Wildman–Crippen LogP) is 2.66. The Kier molecular flexibility index (Phi) is 5.67. The van der Waals surface area contributed by atoms with E-state index < -0.39 is 0 Å². The molecular formula is C16H26N2O.